The second-order valence-corrected chi connectivity index (χ2v) is 5.70. The minimum Gasteiger partial charge on any atom is -0.481 e. The molecule has 4 heteroatoms. The molecule has 0 fully saturated rings. The average molecular weight is 316 g/mol. The summed E-state index contributed by atoms with van der Waals surface area (Å²) in [5.74, 6) is -0.661. The van der Waals surface area contributed by atoms with Crippen molar-refractivity contribution in [3.63, 3.8) is 0 Å². The fourth-order valence-electron chi connectivity index (χ4n) is 2.33. The number of hydrogen-bond acceptors (Lipinski definition) is 3. The molecule has 0 aliphatic heterocycles. The van der Waals surface area contributed by atoms with Crippen LogP contribution in [0, 0.1) is 0 Å². The molecule has 0 saturated heterocycles. The van der Waals surface area contributed by atoms with E-state index in [-0.39, 0.29) is 0 Å². The smallest absolute Gasteiger partial charge is 0.303 e. The molecule has 1 N–H and O–H groups in total. The number of carboxylic acids is 1. The lowest BCUT2D eigenvalue weighted by molar-refractivity contribution is -0.137. The Balaban J connectivity index is 0.000000235. The van der Waals surface area contributed by atoms with Crippen LogP contribution in [-0.4, -0.2) is 21.0 Å². The molecule has 2 rings (SSSR count). The molecule has 1 heterocycles. The van der Waals surface area contributed by atoms with Gasteiger partial charge in [-0.25, -0.2) is 9.97 Å². The van der Waals surface area contributed by atoms with Crippen LogP contribution in [0.15, 0.2) is 36.8 Å². The van der Waals surface area contributed by atoms with Crippen LogP contribution < -0.4 is 0 Å². The van der Waals surface area contributed by atoms with Gasteiger partial charge in [0.1, 0.15) is 6.33 Å². The molecular formula is C19H28N2O2. The SMILES string of the molecule is CCCCCCCCCCC(=O)O.c1ccc2ncncc2c1. The summed E-state index contributed by atoms with van der Waals surface area (Å²) in [7, 11) is 0. The third kappa shape index (κ3) is 9.61. The molecule has 0 atom stereocenters. The van der Waals surface area contributed by atoms with E-state index in [4.69, 9.17) is 5.11 Å². The summed E-state index contributed by atoms with van der Waals surface area (Å²) in [6.07, 6.45) is 13.4. The third-order valence-electron chi connectivity index (χ3n) is 3.66. The Bertz CT molecular complexity index is 492. The summed E-state index contributed by atoms with van der Waals surface area (Å²) >= 11 is 0. The van der Waals surface area contributed by atoms with Crippen molar-refractivity contribution in [2.75, 3.05) is 0 Å². The summed E-state index contributed by atoms with van der Waals surface area (Å²) in [5, 5.41) is 9.47. The molecule has 0 aliphatic rings. The summed E-state index contributed by atoms with van der Waals surface area (Å²) < 4.78 is 0. The Hall–Kier alpha value is -1.97. The Morgan fingerprint density at radius 1 is 1.00 bits per heavy atom. The zero-order valence-corrected chi connectivity index (χ0v) is 14.1. The lowest BCUT2D eigenvalue weighted by Crippen LogP contribution is -1.93. The Morgan fingerprint density at radius 3 is 2.30 bits per heavy atom. The Labute approximate surface area is 139 Å². The van der Waals surface area contributed by atoms with E-state index in [0.29, 0.717) is 6.42 Å². The van der Waals surface area contributed by atoms with Crippen LogP contribution >= 0.6 is 0 Å². The van der Waals surface area contributed by atoms with Crippen LogP contribution in [0.1, 0.15) is 64.7 Å². The van der Waals surface area contributed by atoms with Crippen LogP contribution in [0.3, 0.4) is 0 Å². The number of carboxylic acid groups (broad SMARTS) is 1. The fraction of sp³-hybridized carbons (Fsp3) is 0.526. The lowest BCUT2D eigenvalue weighted by atomic mass is 10.1. The van der Waals surface area contributed by atoms with E-state index >= 15 is 0 Å². The Kier molecular flexibility index (Phi) is 10.4. The molecule has 0 unspecified atom stereocenters. The van der Waals surface area contributed by atoms with Gasteiger partial charge in [-0.05, 0) is 12.5 Å². The number of fused-ring (bicyclic) bond motifs is 1. The number of aromatic nitrogens is 2. The van der Waals surface area contributed by atoms with E-state index < -0.39 is 5.97 Å². The summed E-state index contributed by atoms with van der Waals surface area (Å²) in [5.41, 5.74) is 0.998. The van der Waals surface area contributed by atoms with E-state index in [9.17, 15) is 4.79 Å². The molecule has 2 aromatic rings. The van der Waals surface area contributed by atoms with Crippen LogP contribution in [0.4, 0.5) is 0 Å². The highest BCUT2D eigenvalue weighted by Crippen LogP contribution is 2.09. The number of carbonyl (C=O) groups is 1. The highest BCUT2D eigenvalue weighted by atomic mass is 16.4. The maximum atomic E-state index is 10.2. The number of hydrogen-bond donors (Lipinski definition) is 1. The van der Waals surface area contributed by atoms with E-state index in [1.54, 1.807) is 6.33 Å². The van der Waals surface area contributed by atoms with E-state index in [1.165, 1.54) is 38.5 Å². The largest absolute Gasteiger partial charge is 0.481 e. The average Bonchev–Trinajstić information content (AvgIpc) is 2.58. The van der Waals surface area contributed by atoms with Gasteiger partial charge in [0.05, 0.1) is 5.52 Å². The van der Waals surface area contributed by atoms with Gasteiger partial charge in [0.25, 0.3) is 0 Å². The minimum atomic E-state index is -0.661. The third-order valence-corrected chi connectivity index (χ3v) is 3.66. The number of aliphatic carboxylic acids is 1. The first-order valence-electron chi connectivity index (χ1n) is 8.60. The number of unbranched alkanes of at least 4 members (excludes halogenated alkanes) is 7. The molecule has 0 spiro atoms. The number of para-hydroxylation sites is 1. The van der Waals surface area contributed by atoms with Crippen LogP contribution in [-0.2, 0) is 4.79 Å². The van der Waals surface area contributed by atoms with Crippen molar-refractivity contribution in [1.82, 2.24) is 9.97 Å². The normalized spacial score (nSPS) is 10.1. The highest BCUT2D eigenvalue weighted by molar-refractivity contribution is 5.76. The monoisotopic (exact) mass is 316 g/mol. The molecule has 126 valence electrons. The predicted octanol–water partition coefficient (Wildman–Crippen LogP) is 5.23. The zero-order chi connectivity index (χ0) is 16.8. The van der Waals surface area contributed by atoms with Crippen molar-refractivity contribution >= 4 is 16.9 Å². The fourth-order valence-corrected chi connectivity index (χ4v) is 2.33. The molecule has 0 radical (unpaired) electrons. The molecule has 0 aliphatic carbocycles. The van der Waals surface area contributed by atoms with Crippen molar-refractivity contribution < 1.29 is 9.90 Å². The van der Waals surface area contributed by atoms with Gasteiger partial charge in [-0.15, -0.1) is 0 Å². The van der Waals surface area contributed by atoms with Gasteiger partial charge >= 0.3 is 5.97 Å². The molecule has 0 saturated carbocycles. The van der Waals surface area contributed by atoms with Crippen molar-refractivity contribution in [3.8, 4) is 0 Å². The minimum absolute atomic E-state index is 0.342. The van der Waals surface area contributed by atoms with Crippen molar-refractivity contribution in [1.29, 1.82) is 0 Å². The number of rotatable bonds is 9. The van der Waals surface area contributed by atoms with Gasteiger partial charge in [0.2, 0.25) is 0 Å². The summed E-state index contributed by atoms with van der Waals surface area (Å²) in [6, 6.07) is 7.91. The van der Waals surface area contributed by atoms with Crippen LogP contribution in [0.5, 0.6) is 0 Å². The first-order valence-corrected chi connectivity index (χ1v) is 8.60. The quantitative estimate of drug-likeness (QED) is 0.643. The van der Waals surface area contributed by atoms with Gasteiger partial charge in [0.15, 0.2) is 0 Å². The lowest BCUT2D eigenvalue weighted by Gasteiger charge is -1.99. The van der Waals surface area contributed by atoms with Gasteiger partial charge < -0.3 is 5.11 Å². The standard InChI is InChI=1S/C11H22O2.C8H6N2/c1-2-3-4-5-6-7-8-9-10-11(12)13;1-2-4-8-7(3-1)5-9-6-10-8/h2-10H2,1H3,(H,12,13);1-6H. The zero-order valence-electron chi connectivity index (χ0n) is 14.1. The van der Waals surface area contributed by atoms with Crippen LogP contribution in [0.25, 0.3) is 10.9 Å². The maximum Gasteiger partial charge on any atom is 0.303 e. The van der Waals surface area contributed by atoms with Crippen molar-refractivity contribution in [2.45, 2.75) is 64.7 Å². The molecule has 0 amide bonds. The predicted molar refractivity (Wildman–Crippen MR) is 94.4 cm³/mol. The molecule has 1 aromatic heterocycles. The van der Waals surface area contributed by atoms with Gasteiger partial charge in [0, 0.05) is 18.0 Å². The first kappa shape index (κ1) is 19.1. The summed E-state index contributed by atoms with van der Waals surface area (Å²) in [4.78, 5) is 18.1. The van der Waals surface area contributed by atoms with Crippen LogP contribution in [0.2, 0.25) is 0 Å². The number of benzene rings is 1. The maximum absolute atomic E-state index is 10.2. The Morgan fingerprint density at radius 2 is 1.65 bits per heavy atom. The highest BCUT2D eigenvalue weighted by Gasteiger charge is 1.96. The van der Waals surface area contributed by atoms with Gasteiger partial charge in [-0.1, -0.05) is 70.1 Å². The van der Waals surface area contributed by atoms with Gasteiger partial charge in [-0.3, -0.25) is 4.79 Å². The summed E-state index contributed by atoms with van der Waals surface area (Å²) in [6.45, 7) is 2.22. The topological polar surface area (TPSA) is 63.1 Å². The first-order chi connectivity index (χ1) is 11.2. The second kappa shape index (κ2) is 12.6. The second-order valence-electron chi connectivity index (χ2n) is 5.70. The van der Waals surface area contributed by atoms with E-state index in [2.05, 4.69) is 16.9 Å². The number of nitrogens with zero attached hydrogens (tertiary/aromatic N) is 2. The van der Waals surface area contributed by atoms with Crippen molar-refractivity contribution in [2.24, 2.45) is 0 Å². The molecule has 1 aromatic carbocycles. The molecule has 4 nitrogen and oxygen atoms in total. The van der Waals surface area contributed by atoms with Crippen molar-refractivity contribution in [3.05, 3.63) is 36.8 Å². The van der Waals surface area contributed by atoms with Gasteiger partial charge in [-0.2, -0.15) is 0 Å². The molecular weight excluding hydrogens is 288 g/mol. The molecule has 23 heavy (non-hydrogen) atoms. The van der Waals surface area contributed by atoms with E-state index in [0.717, 1.165) is 23.7 Å². The van der Waals surface area contributed by atoms with E-state index in [1.807, 2.05) is 30.5 Å². The molecule has 0 bridgehead atoms.